The number of rotatable bonds is 4. The Morgan fingerprint density at radius 2 is 1.69 bits per heavy atom. The number of nitrogens with one attached hydrogen (secondary N) is 1. The van der Waals surface area contributed by atoms with Gasteiger partial charge in [0.2, 0.25) is 0 Å². The first-order valence-electron chi connectivity index (χ1n) is 9.04. The van der Waals surface area contributed by atoms with Gasteiger partial charge in [-0.1, -0.05) is 17.7 Å². The smallest absolute Gasteiger partial charge is 0.257 e. The van der Waals surface area contributed by atoms with Gasteiger partial charge in [0.1, 0.15) is 16.8 Å². The van der Waals surface area contributed by atoms with E-state index < -0.39 is 0 Å². The largest absolute Gasteiger partial charge is 0.497 e. The molecule has 0 radical (unpaired) electrons. The summed E-state index contributed by atoms with van der Waals surface area (Å²) in [4.78, 5) is 14.2. The molecule has 0 unspecified atom stereocenters. The van der Waals surface area contributed by atoms with Crippen molar-refractivity contribution in [3.05, 3.63) is 76.3 Å². The molecule has 0 saturated carbocycles. The third kappa shape index (κ3) is 3.79. The van der Waals surface area contributed by atoms with Crippen molar-refractivity contribution in [2.24, 2.45) is 0 Å². The molecule has 0 bridgehead atoms. The van der Waals surface area contributed by atoms with Gasteiger partial charge >= 0.3 is 0 Å². The number of halogens is 1. The first-order valence-corrected chi connectivity index (χ1v) is 9.42. The number of ether oxygens (including phenoxy) is 1. The number of anilines is 1. The van der Waals surface area contributed by atoms with E-state index in [-0.39, 0.29) is 5.91 Å². The zero-order valence-corrected chi connectivity index (χ0v) is 17.0. The summed E-state index contributed by atoms with van der Waals surface area (Å²) in [7, 11) is 1.62. The fraction of sp³-hybridized carbons (Fsp3) is 0.136. The van der Waals surface area contributed by atoms with Crippen LogP contribution >= 0.6 is 11.6 Å². The highest BCUT2D eigenvalue weighted by Gasteiger charge is 2.14. The molecule has 1 N–H and O–H groups in total. The summed E-state index contributed by atoms with van der Waals surface area (Å²) in [6, 6.07) is 16.5. The van der Waals surface area contributed by atoms with Gasteiger partial charge in [-0.05, 0) is 73.5 Å². The number of aromatic nitrogens is 3. The van der Waals surface area contributed by atoms with Crippen molar-refractivity contribution >= 4 is 34.2 Å². The fourth-order valence-corrected chi connectivity index (χ4v) is 3.35. The zero-order valence-electron chi connectivity index (χ0n) is 16.2. The lowest BCUT2D eigenvalue weighted by Crippen LogP contribution is -2.13. The molecule has 0 aliphatic heterocycles. The predicted molar refractivity (Wildman–Crippen MR) is 114 cm³/mol. The second-order valence-electron chi connectivity index (χ2n) is 6.78. The molecule has 0 aliphatic carbocycles. The van der Waals surface area contributed by atoms with Crippen LogP contribution in [0.5, 0.6) is 5.75 Å². The number of benzene rings is 3. The van der Waals surface area contributed by atoms with Gasteiger partial charge < -0.3 is 10.1 Å². The Morgan fingerprint density at radius 1 is 1.00 bits per heavy atom. The van der Waals surface area contributed by atoms with Crippen LogP contribution in [0.2, 0.25) is 5.02 Å². The van der Waals surface area contributed by atoms with Gasteiger partial charge in [0.15, 0.2) is 0 Å². The maximum atomic E-state index is 12.7. The molecule has 0 fully saturated rings. The summed E-state index contributed by atoms with van der Waals surface area (Å²) < 4.78 is 5.18. The number of carbonyl (C=O) groups excluding carboxylic acids is 1. The van der Waals surface area contributed by atoms with Crippen LogP contribution in [-0.4, -0.2) is 28.0 Å². The lowest BCUT2D eigenvalue weighted by atomic mass is 10.1. The Balaban J connectivity index is 1.65. The molecule has 1 amide bonds. The van der Waals surface area contributed by atoms with Gasteiger partial charge in [-0.25, -0.2) is 0 Å². The molecule has 146 valence electrons. The van der Waals surface area contributed by atoms with Gasteiger partial charge in [0.25, 0.3) is 5.91 Å². The standard InChI is InChI=1S/C22H19ClN4O2/c1-13-4-9-17(18(23)10-13)22(28)24-19-12-21-20(11-14(19)2)25-27(26-21)15-5-7-16(29-3)8-6-15/h4-12H,1-3H3,(H,24,28). The van der Waals surface area contributed by atoms with Crippen molar-refractivity contribution in [3.63, 3.8) is 0 Å². The van der Waals surface area contributed by atoms with E-state index >= 15 is 0 Å². The molecule has 6 nitrogen and oxygen atoms in total. The minimum atomic E-state index is -0.264. The van der Waals surface area contributed by atoms with E-state index in [9.17, 15) is 4.79 Å². The number of hydrogen-bond donors (Lipinski definition) is 1. The highest BCUT2D eigenvalue weighted by Crippen LogP contribution is 2.25. The van der Waals surface area contributed by atoms with Crippen molar-refractivity contribution in [1.29, 1.82) is 0 Å². The Kier molecular flexibility index (Phi) is 4.94. The van der Waals surface area contributed by atoms with Crippen LogP contribution in [0.1, 0.15) is 21.5 Å². The molecule has 4 rings (SSSR count). The minimum absolute atomic E-state index is 0.264. The van der Waals surface area contributed by atoms with Crippen LogP contribution in [0.15, 0.2) is 54.6 Å². The first kappa shape index (κ1) is 19.0. The third-order valence-electron chi connectivity index (χ3n) is 4.65. The molecule has 29 heavy (non-hydrogen) atoms. The van der Waals surface area contributed by atoms with Crippen molar-refractivity contribution in [2.75, 3.05) is 12.4 Å². The lowest BCUT2D eigenvalue weighted by Gasteiger charge is -2.09. The van der Waals surface area contributed by atoms with E-state index in [1.165, 1.54) is 0 Å². The van der Waals surface area contributed by atoms with E-state index in [1.54, 1.807) is 24.0 Å². The normalized spacial score (nSPS) is 10.9. The van der Waals surface area contributed by atoms with Crippen molar-refractivity contribution in [2.45, 2.75) is 13.8 Å². The van der Waals surface area contributed by atoms with Crippen molar-refractivity contribution < 1.29 is 9.53 Å². The van der Waals surface area contributed by atoms with Gasteiger partial charge in [-0.3, -0.25) is 4.79 Å². The highest BCUT2D eigenvalue weighted by molar-refractivity contribution is 6.34. The maximum absolute atomic E-state index is 12.7. The number of aryl methyl sites for hydroxylation is 2. The molecular formula is C22H19ClN4O2. The van der Waals surface area contributed by atoms with Gasteiger partial charge in [-0.2, -0.15) is 4.80 Å². The average Bonchev–Trinajstić information content (AvgIpc) is 3.11. The summed E-state index contributed by atoms with van der Waals surface area (Å²) in [5.74, 6) is 0.501. The summed E-state index contributed by atoms with van der Waals surface area (Å²) >= 11 is 6.22. The molecule has 1 aromatic heterocycles. The summed E-state index contributed by atoms with van der Waals surface area (Å²) in [5.41, 5.74) is 5.22. The fourth-order valence-electron chi connectivity index (χ4n) is 3.03. The molecule has 7 heteroatoms. The number of carbonyl (C=O) groups is 1. The molecular weight excluding hydrogens is 388 g/mol. The number of nitrogens with zero attached hydrogens (tertiary/aromatic N) is 3. The van der Waals surface area contributed by atoms with Crippen LogP contribution in [0.25, 0.3) is 16.7 Å². The van der Waals surface area contributed by atoms with Gasteiger partial charge in [0.05, 0.1) is 23.4 Å². The first-order chi connectivity index (χ1) is 13.9. The van der Waals surface area contributed by atoms with E-state index in [1.807, 2.05) is 56.3 Å². The van der Waals surface area contributed by atoms with Crippen molar-refractivity contribution in [1.82, 2.24) is 15.0 Å². The molecule has 1 heterocycles. The summed E-state index contributed by atoms with van der Waals surface area (Å²) in [6.07, 6.45) is 0. The second kappa shape index (κ2) is 7.56. The molecule has 0 saturated heterocycles. The highest BCUT2D eigenvalue weighted by atomic mass is 35.5. The Bertz CT molecular complexity index is 1220. The van der Waals surface area contributed by atoms with Gasteiger partial charge in [0, 0.05) is 5.69 Å². The van der Waals surface area contributed by atoms with Crippen LogP contribution < -0.4 is 10.1 Å². The second-order valence-corrected chi connectivity index (χ2v) is 7.19. The zero-order chi connectivity index (χ0) is 20.5. The van der Waals surface area contributed by atoms with Crippen molar-refractivity contribution in [3.8, 4) is 11.4 Å². The lowest BCUT2D eigenvalue weighted by molar-refractivity contribution is 0.102. The van der Waals surface area contributed by atoms with Crippen LogP contribution in [-0.2, 0) is 0 Å². The monoisotopic (exact) mass is 406 g/mol. The number of amides is 1. The third-order valence-corrected chi connectivity index (χ3v) is 4.96. The Morgan fingerprint density at radius 3 is 2.34 bits per heavy atom. The average molecular weight is 407 g/mol. The van der Waals surface area contributed by atoms with Crippen LogP contribution in [0.4, 0.5) is 5.69 Å². The van der Waals surface area contributed by atoms with Crippen LogP contribution in [0.3, 0.4) is 0 Å². The molecule has 4 aromatic rings. The van der Waals surface area contributed by atoms with E-state index in [0.29, 0.717) is 21.8 Å². The number of methoxy groups -OCH3 is 1. The van der Waals surface area contributed by atoms with Crippen LogP contribution in [0, 0.1) is 13.8 Å². The van der Waals surface area contributed by atoms with E-state index in [2.05, 4.69) is 15.5 Å². The maximum Gasteiger partial charge on any atom is 0.257 e. The van der Waals surface area contributed by atoms with Gasteiger partial charge in [-0.15, -0.1) is 10.2 Å². The molecule has 0 aliphatic rings. The molecule has 0 atom stereocenters. The quantitative estimate of drug-likeness (QED) is 0.520. The minimum Gasteiger partial charge on any atom is -0.497 e. The van der Waals surface area contributed by atoms with E-state index in [4.69, 9.17) is 16.3 Å². The SMILES string of the molecule is COc1ccc(-n2nc3cc(C)c(NC(=O)c4ccc(C)cc4Cl)cc3n2)cc1. The Labute approximate surface area is 173 Å². The van der Waals surface area contributed by atoms with E-state index in [0.717, 1.165) is 28.1 Å². The topological polar surface area (TPSA) is 69.0 Å². The Hall–Kier alpha value is -3.38. The predicted octanol–water partition coefficient (Wildman–Crippen LogP) is 4.95. The molecule has 3 aromatic carbocycles. The summed E-state index contributed by atoms with van der Waals surface area (Å²) in [6.45, 7) is 3.84. The number of fused-ring (bicyclic) bond motifs is 1. The number of hydrogen-bond acceptors (Lipinski definition) is 4. The molecule has 0 spiro atoms. The summed E-state index contributed by atoms with van der Waals surface area (Å²) in [5, 5.41) is 12.4.